The van der Waals surface area contributed by atoms with Crippen molar-refractivity contribution in [3.63, 3.8) is 0 Å². The minimum atomic E-state index is -0.0166. The lowest BCUT2D eigenvalue weighted by molar-refractivity contribution is -0.117. The van der Waals surface area contributed by atoms with Crippen molar-refractivity contribution in [2.24, 2.45) is 0 Å². The molecule has 0 bridgehead atoms. The lowest BCUT2D eigenvalue weighted by atomic mass is 10.1. The lowest BCUT2D eigenvalue weighted by Crippen LogP contribution is -2.27. The summed E-state index contributed by atoms with van der Waals surface area (Å²) >= 11 is 0. The second-order valence-corrected chi connectivity index (χ2v) is 5.39. The Morgan fingerprint density at radius 3 is 1.75 bits per heavy atom. The molecule has 0 atom stereocenters. The monoisotopic (exact) mass is 312 g/mol. The number of benzene rings is 3. The predicted octanol–water partition coefficient (Wildman–Crippen LogP) is 4.47. The molecule has 0 heterocycles. The van der Waals surface area contributed by atoms with E-state index in [4.69, 9.17) is 5.26 Å². The van der Waals surface area contributed by atoms with E-state index in [2.05, 4.69) is 6.07 Å². The summed E-state index contributed by atoms with van der Waals surface area (Å²) in [4.78, 5) is 14.6. The third-order valence-corrected chi connectivity index (χ3v) is 3.72. The van der Waals surface area contributed by atoms with Crippen LogP contribution in [0, 0.1) is 11.3 Å². The molecule has 0 fully saturated rings. The molecule has 1 amide bonds. The van der Waals surface area contributed by atoms with E-state index in [9.17, 15) is 4.79 Å². The van der Waals surface area contributed by atoms with Crippen LogP contribution in [0.5, 0.6) is 0 Å². The van der Waals surface area contributed by atoms with Crippen molar-refractivity contribution in [3.8, 4) is 6.07 Å². The first-order valence-corrected chi connectivity index (χ1v) is 7.70. The predicted molar refractivity (Wildman–Crippen MR) is 94.9 cm³/mol. The standard InChI is InChI=1S/C21H16N2O/c22-16-18-13-11-17(12-14-18)15-21(24)23(19-7-3-1-4-8-19)20-9-5-2-6-10-20/h1-14H,15H2. The average Bonchev–Trinajstić information content (AvgIpc) is 2.64. The fourth-order valence-corrected chi connectivity index (χ4v) is 2.54. The summed E-state index contributed by atoms with van der Waals surface area (Å²) in [6, 6.07) is 28.4. The highest BCUT2D eigenvalue weighted by Gasteiger charge is 2.17. The minimum absolute atomic E-state index is 0.0166. The molecule has 0 N–H and O–H groups in total. The summed E-state index contributed by atoms with van der Waals surface area (Å²) in [6.07, 6.45) is 0.273. The topological polar surface area (TPSA) is 44.1 Å². The number of hydrogen-bond acceptors (Lipinski definition) is 2. The molecule has 3 nitrogen and oxygen atoms in total. The van der Waals surface area contributed by atoms with Gasteiger partial charge >= 0.3 is 0 Å². The Kier molecular flexibility index (Phi) is 4.69. The van der Waals surface area contributed by atoms with Crippen molar-refractivity contribution in [2.45, 2.75) is 6.42 Å². The Balaban J connectivity index is 1.90. The van der Waals surface area contributed by atoms with Gasteiger partial charge in [-0.3, -0.25) is 9.69 Å². The fourth-order valence-electron chi connectivity index (χ4n) is 2.54. The molecule has 116 valence electrons. The molecular formula is C21H16N2O. The van der Waals surface area contributed by atoms with Crippen LogP contribution in [0.1, 0.15) is 11.1 Å². The summed E-state index contributed by atoms with van der Waals surface area (Å²) < 4.78 is 0. The Labute approximate surface area is 141 Å². The second-order valence-electron chi connectivity index (χ2n) is 5.39. The van der Waals surface area contributed by atoms with Gasteiger partial charge in [-0.25, -0.2) is 0 Å². The van der Waals surface area contributed by atoms with E-state index < -0.39 is 0 Å². The van der Waals surface area contributed by atoms with Gasteiger partial charge < -0.3 is 0 Å². The van der Waals surface area contributed by atoms with E-state index >= 15 is 0 Å². The Hall–Kier alpha value is -3.38. The third-order valence-electron chi connectivity index (χ3n) is 3.72. The highest BCUT2D eigenvalue weighted by molar-refractivity contribution is 6.01. The van der Waals surface area contributed by atoms with Crippen molar-refractivity contribution in [1.29, 1.82) is 5.26 Å². The van der Waals surface area contributed by atoms with Gasteiger partial charge in [0, 0.05) is 11.4 Å². The smallest absolute Gasteiger partial charge is 0.235 e. The maximum Gasteiger partial charge on any atom is 0.235 e. The molecule has 0 aromatic heterocycles. The quantitative estimate of drug-likeness (QED) is 0.713. The van der Waals surface area contributed by atoms with Crippen LogP contribution in [0.3, 0.4) is 0 Å². The molecule has 0 aliphatic rings. The van der Waals surface area contributed by atoms with Crippen LogP contribution in [0.2, 0.25) is 0 Å². The Morgan fingerprint density at radius 1 is 0.792 bits per heavy atom. The van der Waals surface area contributed by atoms with Crippen molar-refractivity contribution < 1.29 is 4.79 Å². The first kappa shape index (κ1) is 15.5. The van der Waals surface area contributed by atoms with Crippen molar-refractivity contribution in [1.82, 2.24) is 0 Å². The zero-order valence-corrected chi connectivity index (χ0v) is 13.1. The van der Waals surface area contributed by atoms with Crippen LogP contribution in [0.15, 0.2) is 84.9 Å². The molecule has 3 heteroatoms. The molecule has 3 aromatic rings. The van der Waals surface area contributed by atoms with E-state index in [1.165, 1.54) is 0 Å². The van der Waals surface area contributed by atoms with Crippen LogP contribution >= 0.6 is 0 Å². The Bertz CT molecular complexity index is 810. The zero-order chi connectivity index (χ0) is 16.8. The van der Waals surface area contributed by atoms with Crippen molar-refractivity contribution in [3.05, 3.63) is 96.1 Å². The fraction of sp³-hybridized carbons (Fsp3) is 0.0476. The van der Waals surface area contributed by atoms with Crippen molar-refractivity contribution >= 4 is 17.3 Å². The maximum atomic E-state index is 12.9. The van der Waals surface area contributed by atoms with Crippen LogP contribution in [-0.2, 0) is 11.2 Å². The van der Waals surface area contributed by atoms with Crippen LogP contribution in [0.25, 0.3) is 0 Å². The van der Waals surface area contributed by atoms with E-state index in [1.807, 2.05) is 72.8 Å². The normalized spacial score (nSPS) is 9.96. The number of anilines is 2. The molecule has 0 spiro atoms. The van der Waals surface area contributed by atoms with E-state index in [1.54, 1.807) is 17.0 Å². The number of amides is 1. The van der Waals surface area contributed by atoms with Gasteiger partial charge in [0.15, 0.2) is 0 Å². The van der Waals surface area contributed by atoms with Gasteiger partial charge in [-0.1, -0.05) is 48.5 Å². The summed E-state index contributed by atoms with van der Waals surface area (Å²) in [5, 5.41) is 8.87. The summed E-state index contributed by atoms with van der Waals surface area (Å²) in [5.74, 6) is -0.0166. The van der Waals surface area contributed by atoms with E-state index in [-0.39, 0.29) is 12.3 Å². The van der Waals surface area contributed by atoms with Crippen LogP contribution in [0.4, 0.5) is 11.4 Å². The summed E-state index contributed by atoms with van der Waals surface area (Å²) in [7, 11) is 0. The molecule has 3 rings (SSSR count). The summed E-state index contributed by atoms with van der Waals surface area (Å²) in [6.45, 7) is 0. The van der Waals surface area contributed by atoms with Gasteiger partial charge in [0.25, 0.3) is 0 Å². The molecule has 0 saturated carbocycles. The molecule has 3 aromatic carbocycles. The second kappa shape index (κ2) is 7.26. The number of nitriles is 1. The first-order valence-electron chi connectivity index (χ1n) is 7.70. The highest BCUT2D eigenvalue weighted by atomic mass is 16.2. The SMILES string of the molecule is N#Cc1ccc(CC(=O)N(c2ccccc2)c2ccccc2)cc1. The molecule has 0 saturated heterocycles. The maximum absolute atomic E-state index is 12.9. The molecule has 0 aliphatic carbocycles. The number of nitrogens with zero attached hydrogens (tertiary/aromatic N) is 2. The van der Waals surface area contributed by atoms with Gasteiger partial charge in [-0.2, -0.15) is 5.26 Å². The lowest BCUT2D eigenvalue weighted by Gasteiger charge is -2.23. The molecule has 0 aliphatic heterocycles. The van der Waals surface area contributed by atoms with Gasteiger partial charge in [-0.05, 0) is 42.0 Å². The number of rotatable bonds is 4. The van der Waals surface area contributed by atoms with Crippen molar-refractivity contribution in [2.75, 3.05) is 4.90 Å². The third kappa shape index (κ3) is 3.50. The summed E-state index contributed by atoms with van der Waals surface area (Å²) in [5.41, 5.74) is 3.15. The van der Waals surface area contributed by atoms with Gasteiger partial charge in [0.05, 0.1) is 18.1 Å². The molecule has 0 radical (unpaired) electrons. The number of hydrogen-bond donors (Lipinski definition) is 0. The molecular weight excluding hydrogens is 296 g/mol. The van der Waals surface area contributed by atoms with E-state index in [0.717, 1.165) is 16.9 Å². The van der Waals surface area contributed by atoms with Gasteiger partial charge in [0.1, 0.15) is 0 Å². The molecule has 24 heavy (non-hydrogen) atoms. The number of carbonyl (C=O) groups excluding carboxylic acids is 1. The van der Waals surface area contributed by atoms with Crippen LogP contribution in [-0.4, -0.2) is 5.91 Å². The largest absolute Gasteiger partial charge is 0.281 e. The number of para-hydroxylation sites is 2. The average molecular weight is 312 g/mol. The van der Waals surface area contributed by atoms with Crippen LogP contribution < -0.4 is 4.90 Å². The zero-order valence-electron chi connectivity index (χ0n) is 13.1. The molecule has 0 unspecified atom stereocenters. The van der Waals surface area contributed by atoms with Gasteiger partial charge in [-0.15, -0.1) is 0 Å². The first-order chi connectivity index (χ1) is 11.8. The minimum Gasteiger partial charge on any atom is -0.281 e. The highest BCUT2D eigenvalue weighted by Crippen LogP contribution is 2.26. The Morgan fingerprint density at radius 2 is 1.29 bits per heavy atom. The number of carbonyl (C=O) groups is 1. The van der Waals surface area contributed by atoms with E-state index in [0.29, 0.717) is 5.56 Å². The van der Waals surface area contributed by atoms with Gasteiger partial charge in [0.2, 0.25) is 5.91 Å².